The average molecular weight is 509 g/mol. The first-order valence-corrected chi connectivity index (χ1v) is 13.3. The molecule has 6 rings (SSSR count). The Morgan fingerprint density at radius 3 is 2.37 bits per heavy atom. The van der Waals surface area contributed by atoms with Gasteiger partial charge in [-0.25, -0.2) is 0 Å². The standard InChI is InChI=1S/C30H32N6O2/c1-23-31-32-30-35(29(37)27-13-5-6-14-28(27)36(23)30)16-8-15-33-17-19-34(20-18-33)22-24-9-7-12-26(21-24)38-25-10-3-2-4-11-25/h2-7,9-14,21H,8,15-20,22H2,1H3. The van der Waals surface area contributed by atoms with Gasteiger partial charge in [0, 0.05) is 39.3 Å². The number of fused-ring (bicyclic) bond motifs is 3. The summed E-state index contributed by atoms with van der Waals surface area (Å²) >= 11 is 0. The molecule has 0 amide bonds. The van der Waals surface area contributed by atoms with Gasteiger partial charge in [0.1, 0.15) is 17.3 Å². The smallest absolute Gasteiger partial charge is 0.262 e. The molecule has 5 aromatic rings. The molecule has 0 N–H and O–H groups in total. The monoisotopic (exact) mass is 508 g/mol. The van der Waals surface area contributed by atoms with Gasteiger partial charge in [0.15, 0.2) is 0 Å². The zero-order valence-electron chi connectivity index (χ0n) is 21.7. The van der Waals surface area contributed by atoms with E-state index in [0.29, 0.717) is 17.7 Å². The number of aromatic nitrogens is 4. The topological polar surface area (TPSA) is 67.9 Å². The molecule has 0 bridgehead atoms. The quantitative estimate of drug-likeness (QED) is 0.310. The summed E-state index contributed by atoms with van der Waals surface area (Å²) in [6.45, 7) is 8.50. The number of aryl methyl sites for hydroxylation is 2. The summed E-state index contributed by atoms with van der Waals surface area (Å²) in [6, 6.07) is 25.9. The molecule has 0 saturated carbocycles. The maximum Gasteiger partial charge on any atom is 0.262 e. The van der Waals surface area contributed by atoms with E-state index >= 15 is 0 Å². The second-order valence-corrected chi connectivity index (χ2v) is 9.89. The number of para-hydroxylation sites is 2. The molecule has 1 aliphatic heterocycles. The summed E-state index contributed by atoms with van der Waals surface area (Å²) in [6.07, 6.45) is 0.888. The lowest BCUT2D eigenvalue weighted by molar-refractivity contribution is 0.125. The molecular weight excluding hydrogens is 476 g/mol. The highest BCUT2D eigenvalue weighted by Crippen LogP contribution is 2.23. The molecule has 0 spiro atoms. The van der Waals surface area contributed by atoms with Crippen LogP contribution in [0, 0.1) is 6.92 Å². The molecule has 0 aliphatic carbocycles. The number of rotatable bonds is 8. The van der Waals surface area contributed by atoms with Crippen LogP contribution in [0.15, 0.2) is 83.7 Å². The average Bonchev–Trinajstić information content (AvgIpc) is 3.33. The van der Waals surface area contributed by atoms with Crippen molar-refractivity contribution in [3.05, 3.63) is 101 Å². The number of ether oxygens (including phenoxy) is 1. The number of nitrogens with zero attached hydrogens (tertiary/aromatic N) is 6. The van der Waals surface area contributed by atoms with Crippen LogP contribution >= 0.6 is 0 Å². The number of piperazine rings is 1. The highest BCUT2D eigenvalue weighted by molar-refractivity contribution is 5.80. The first kappa shape index (κ1) is 24.3. The van der Waals surface area contributed by atoms with Gasteiger partial charge in [0.25, 0.3) is 5.56 Å². The van der Waals surface area contributed by atoms with Gasteiger partial charge in [-0.15, -0.1) is 10.2 Å². The van der Waals surface area contributed by atoms with Gasteiger partial charge in [-0.3, -0.25) is 18.7 Å². The van der Waals surface area contributed by atoms with Crippen molar-refractivity contribution in [1.82, 2.24) is 29.0 Å². The molecule has 8 heteroatoms. The molecule has 0 unspecified atom stereocenters. The molecule has 2 aromatic heterocycles. The molecule has 0 atom stereocenters. The summed E-state index contributed by atoms with van der Waals surface area (Å²) in [4.78, 5) is 18.2. The summed E-state index contributed by atoms with van der Waals surface area (Å²) in [5, 5.41) is 9.27. The van der Waals surface area contributed by atoms with Crippen molar-refractivity contribution in [2.75, 3.05) is 32.7 Å². The molecule has 3 aromatic carbocycles. The highest BCUT2D eigenvalue weighted by atomic mass is 16.5. The zero-order chi connectivity index (χ0) is 25.9. The van der Waals surface area contributed by atoms with Crippen LogP contribution < -0.4 is 10.3 Å². The lowest BCUT2D eigenvalue weighted by Gasteiger charge is -2.34. The fourth-order valence-electron chi connectivity index (χ4n) is 5.31. The fourth-order valence-corrected chi connectivity index (χ4v) is 5.31. The van der Waals surface area contributed by atoms with Gasteiger partial charge >= 0.3 is 0 Å². The first-order chi connectivity index (χ1) is 18.7. The van der Waals surface area contributed by atoms with Gasteiger partial charge in [-0.2, -0.15) is 0 Å². The second kappa shape index (κ2) is 10.8. The predicted molar refractivity (Wildman–Crippen MR) is 149 cm³/mol. The van der Waals surface area contributed by atoms with Crippen molar-refractivity contribution < 1.29 is 4.74 Å². The maximum atomic E-state index is 13.2. The number of benzene rings is 3. The van der Waals surface area contributed by atoms with E-state index in [9.17, 15) is 4.79 Å². The number of hydrogen-bond acceptors (Lipinski definition) is 6. The minimum Gasteiger partial charge on any atom is -0.457 e. The Morgan fingerprint density at radius 1 is 0.789 bits per heavy atom. The Balaban J connectivity index is 1.04. The molecule has 1 fully saturated rings. The molecule has 3 heterocycles. The lowest BCUT2D eigenvalue weighted by atomic mass is 10.2. The Hall–Kier alpha value is -4.01. The van der Waals surface area contributed by atoms with Crippen molar-refractivity contribution in [2.45, 2.75) is 26.4 Å². The van der Waals surface area contributed by atoms with Crippen molar-refractivity contribution >= 4 is 16.7 Å². The summed E-state index contributed by atoms with van der Waals surface area (Å²) in [7, 11) is 0. The van der Waals surface area contributed by atoms with Gasteiger partial charge in [-0.1, -0.05) is 42.5 Å². The highest BCUT2D eigenvalue weighted by Gasteiger charge is 2.18. The minimum absolute atomic E-state index is 0.00351. The normalized spacial score (nSPS) is 14.9. The third kappa shape index (κ3) is 5.05. The van der Waals surface area contributed by atoms with Crippen LogP contribution in [0.25, 0.3) is 16.7 Å². The van der Waals surface area contributed by atoms with Crippen molar-refractivity contribution in [3.63, 3.8) is 0 Å². The van der Waals surface area contributed by atoms with E-state index in [-0.39, 0.29) is 5.56 Å². The van der Waals surface area contributed by atoms with E-state index in [1.807, 2.05) is 72.0 Å². The SMILES string of the molecule is Cc1nnc2n(CCCN3CCN(Cc4cccc(Oc5ccccc5)c4)CC3)c(=O)c3ccccc3n12. The van der Waals surface area contributed by atoms with Gasteiger partial charge in [0.2, 0.25) is 5.78 Å². The van der Waals surface area contributed by atoms with E-state index in [1.165, 1.54) is 5.56 Å². The van der Waals surface area contributed by atoms with E-state index in [1.54, 1.807) is 4.57 Å². The van der Waals surface area contributed by atoms with E-state index in [4.69, 9.17) is 4.74 Å². The zero-order valence-corrected chi connectivity index (χ0v) is 21.7. The molecular formula is C30H32N6O2. The molecule has 194 valence electrons. The summed E-state index contributed by atoms with van der Waals surface area (Å²) in [5.41, 5.74) is 2.12. The van der Waals surface area contributed by atoms with Crippen molar-refractivity contribution in [2.24, 2.45) is 0 Å². The molecule has 8 nitrogen and oxygen atoms in total. The van der Waals surface area contributed by atoms with Crippen molar-refractivity contribution in [1.29, 1.82) is 0 Å². The van der Waals surface area contributed by atoms with Crippen LogP contribution in [0.5, 0.6) is 11.5 Å². The predicted octanol–water partition coefficient (Wildman–Crippen LogP) is 4.35. The molecule has 0 radical (unpaired) electrons. The third-order valence-corrected chi connectivity index (χ3v) is 7.27. The van der Waals surface area contributed by atoms with Gasteiger partial charge in [-0.05, 0) is 61.9 Å². The van der Waals surface area contributed by atoms with E-state index < -0.39 is 0 Å². The van der Waals surface area contributed by atoms with Gasteiger partial charge < -0.3 is 9.64 Å². The van der Waals surface area contributed by atoms with Crippen LogP contribution in [-0.2, 0) is 13.1 Å². The summed E-state index contributed by atoms with van der Waals surface area (Å²) in [5.74, 6) is 3.13. The molecule has 1 saturated heterocycles. The first-order valence-electron chi connectivity index (χ1n) is 13.3. The Bertz CT molecular complexity index is 1600. The van der Waals surface area contributed by atoms with E-state index in [0.717, 1.165) is 68.5 Å². The largest absolute Gasteiger partial charge is 0.457 e. The van der Waals surface area contributed by atoms with Crippen molar-refractivity contribution in [3.8, 4) is 11.5 Å². The van der Waals surface area contributed by atoms with Crippen LogP contribution in [0.3, 0.4) is 0 Å². The second-order valence-electron chi connectivity index (χ2n) is 9.89. The Kier molecular flexibility index (Phi) is 6.90. The fraction of sp³-hybridized carbons (Fsp3) is 0.300. The molecule has 1 aliphatic rings. The summed E-state index contributed by atoms with van der Waals surface area (Å²) < 4.78 is 9.77. The lowest BCUT2D eigenvalue weighted by Crippen LogP contribution is -2.46. The van der Waals surface area contributed by atoms with E-state index in [2.05, 4.69) is 38.2 Å². The van der Waals surface area contributed by atoms with Crippen LogP contribution in [-0.4, -0.2) is 61.7 Å². The van der Waals surface area contributed by atoms with Gasteiger partial charge in [0.05, 0.1) is 10.9 Å². The van der Waals surface area contributed by atoms with Crippen LogP contribution in [0.2, 0.25) is 0 Å². The number of hydrogen-bond donors (Lipinski definition) is 0. The minimum atomic E-state index is 0.00351. The molecule has 38 heavy (non-hydrogen) atoms. The third-order valence-electron chi connectivity index (χ3n) is 7.27. The Labute approximate surface area is 221 Å². The van der Waals surface area contributed by atoms with Crippen LogP contribution in [0.1, 0.15) is 17.8 Å². The maximum absolute atomic E-state index is 13.2. The van der Waals surface area contributed by atoms with Crippen LogP contribution in [0.4, 0.5) is 0 Å². The Morgan fingerprint density at radius 2 is 1.53 bits per heavy atom.